The molecule has 1 amide bonds. The van der Waals surface area contributed by atoms with E-state index in [1.54, 1.807) is 41.6 Å². The standard InChI is InChI=1S/C19H20N4O6S/c1-23-8-11(7-20-23)18-22-13(10-30-18)19(25)29-9-16(24)21-12-5-14(26-2)17(28-4)15(6-12)27-3/h5-8,10H,9H2,1-4H3,(H,21,24). The molecule has 0 bridgehead atoms. The van der Waals surface area contributed by atoms with E-state index >= 15 is 0 Å². The molecule has 3 rings (SSSR count). The van der Waals surface area contributed by atoms with Crippen molar-refractivity contribution in [2.45, 2.75) is 0 Å². The first-order valence-corrected chi connectivity index (χ1v) is 9.54. The number of hydrogen-bond donors (Lipinski definition) is 1. The molecule has 0 spiro atoms. The summed E-state index contributed by atoms with van der Waals surface area (Å²) in [5.74, 6) is -0.0526. The van der Waals surface area contributed by atoms with E-state index < -0.39 is 18.5 Å². The quantitative estimate of drug-likeness (QED) is 0.540. The SMILES string of the molecule is COc1cc(NC(=O)COC(=O)c2csc(-c3cnn(C)c3)n2)cc(OC)c1OC. The van der Waals surface area contributed by atoms with E-state index in [0.717, 1.165) is 5.56 Å². The number of thiazole rings is 1. The van der Waals surface area contributed by atoms with Crippen LogP contribution in [0.15, 0.2) is 29.9 Å². The van der Waals surface area contributed by atoms with Gasteiger partial charge in [0.2, 0.25) is 5.75 Å². The molecule has 158 valence electrons. The Bertz CT molecular complexity index is 1040. The molecule has 2 aromatic heterocycles. The average molecular weight is 432 g/mol. The summed E-state index contributed by atoms with van der Waals surface area (Å²) >= 11 is 1.29. The van der Waals surface area contributed by atoms with E-state index in [2.05, 4.69) is 15.4 Å². The molecule has 0 aliphatic heterocycles. The normalized spacial score (nSPS) is 10.4. The third-order valence-electron chi connectivity index (χ3n) is 3.95. The fourth-order valence-corrected chi connectivity index (χ4v) is 3.35. The number of benzene rings is 1. The Hall–Kier alpha value is -3.60. The van der Waals surface area contributed by atoms with Gasteiger partial charge in [-0.1, -0.05) is 0 Å². The molecule has 0 unspecified atom stereocenters. The molecule has 1 N–H and O–H groups in total. The summed E-state index contributed by atoms with van der Waals surface area (Å²) in [7, 11) is 6.21. The first-order chi connectivity index (χ1) is 14.4. The van der Waals surface area contributed by atoms with Crippen LogP contribution in [0.3, 0.4) is 0 Å². The van der Waals surface area contributed by atoms with E-state index in [1.807, 2.05) is 0 Å². The van der Waals surface area contributed by atoms with Gasteiger partial charge in [-0.3, -0.25) is 9.48 Å². The van der Waals surface area contributed by atoms with Crippen molar-refractivity contribution in [1.82, 2.24) is 14.8 Å². The van der Waals surface area contributed by atoms with Crippen molar-refractivity contribution in [1.29, 1.82) is 0 Å². The summed E-state index contributed by atoms with van der Waals surface area (Å²) in [4.78, 5) is 28.6. The van der Waals surface area contributed by atoms with Gasteiger partial charge in [0.15, 0.2) is 23.8 Å². The molecule has 0 aliphatic rings. The minimum absolute atomic E-state index is 0.124. The number of carbonyl (C=O) groups excluding carboxylic acids is 2. The average Bonchev–Trinajstić information content (AvgIpc) is 3.40. The Morgan fingerprint density at radius 2 is 1.83 bits per heavy atom. The van der Waals surface area contributed by atoms with Crippen molar-refractivity contribution >= 4 is 28.9 Å². The number of amides is 1. The summed E-state index contributed by atoms with van der Waals surface area (Å²) in [5.41, 5.74) is 1.32. The number of aryl methyl sites for hydroxylation is 1. The highest BCUT2D eigenvalue weighted by Gasteiger charge is 2.17. The maximum absolute atomic E-state index is 12.2. The zero-order valence-electron chi connectivity index (χ0n) is 16.8. The van der Waals surface area contributed by atoms with Gasteiger partial charge in [-0.15, -0.1) is 11.3 Å². The Balaban J connectivity index is 1.61. The molecule has 10 nitrogen and oxygen atoms in total. The van der Waals surface area contributed by atoms with Crippen molar-refractivity contribution in [2.24, 2.45) is 7.05 Å². The highest BCUT2D eigenvalue weighted by Crippen LogP contribution is 2.39. The minimum atomic E-state index is -0.693. The number of anilines is 1. The lowest BCUT2D eigenvalue weighted by molar-refractivity contribution is -0.119. The first kappa shape index (κ1) is 21.1. The van der Waals surface area contributed by atoms with Crippen molar-refractivity contribution in [3.05, 3.63) is 35.6 Å². The van der Waals surface area contributed by atoms with E-state index in [4.69, 9.17) is 18.9 Å². The van der Waals surface area contributed by atoms with Crippen molar-refractivity contribution in [3.63, 3.8) is 0 Å². The van der Waals surface area contributed by atoms with Crippen LogP contribution in [-0.2, 0) is 16.6 Å². The third-order valence-corrected chi connectivity index (χ3v) is 4.84. The number of hydrogen-bond acceptors (Lipinski definition) is 9. The molecule has 0 saturated carbocycles. The lowest BCUT2D eigenvalue weighted by Gasteiger charge is -2.14. The topological polar surface area (TPSA) is 114 Å². The van der Waals surface area contributed by atoms with Gasteiger partial charge < -0.3 is 24.3 Å². The minimum Gasteiger partial charge on any atom is -0.493 e. The number of nitrogens with zero attached hydrogens (tertiary/aromatic N) is 3. The molecule has 0 atom stereocenters. The van der Waals surface area contributed by atoms with Crippen molar-refractivity contribution < 1.29 is 28.5 Å². The van der Waals surface area contributed by atoms with Gasteiger partial charge >= 0.3 is 5.97 Å². The summed E-state index contributed by atoms with van der Waals surface area (Å²) in [6, 6.07) is 3.14. The maximum Gasteiger partial charge on any atom is 0.358 e. The number of ether oxygens (including phenoxy) is 4. The van der Waals surface area contributed by atoms with Gasteiger partial charge in [-0.2, -0.15) is 5.10 Å². The molecule has 0 saturated heterocycles. The van der Waals surface area contributed by atoms with Gasteiger partial charge in [0.05, 0.1) is 27.5 Å². The fraction of sp³-hybridized carbons (Fsp3) is 0.263. The molecule has 1 aromatic carbocycles. The highest BCUT2D eigenvalue weighted by molar-refractivity contribution is 7.13. The highest BCUT2D eigenvalue weighted by atomic mass is 32.1. The van der Waals surface area contributed by atoms with Gasteiger partial charge in [0.1, 0.15) is 5.01 Å². The van der Waals surface area contributed by atoms with E-state index in [1.165, 1.54) is 32.7 Å². The number of carbonyl (C=O) groups is 2. The van der Waals surface area contributed by atoms with Gasteiger partial charge in [0, 0.05) is 42.0 Å². The Labute approximate surface area is 176 Å². The molecule has 0 radical (unpaired) electrons. The number of nitrogens with one attached hydrogen (secondary N) is 1. The Morgan fingerprint density at radius 3 is 2.40 bits per heavy atom. The predicted molar refractivity (Wildman–Crippen MR) is 109 cm³/mol. The second kappa shape index (κ2) is 9.27. The van der Waals surface area contributed by atoms with Gasteiger partial charge in [-0.05, 0) is 0 Å². The van der Waals surface area contributed by atoms with E-state index in [0.29, 0.717) is 27.9 Å². The van der Waals surface area contributed by atoms with Crippen LogP contribution in [0.4, 0.5) is 5.69 Å². The maximum atomic E-state index is 12.2. The zero-order chi connectivity index (χ0) is 21.7. The molecule has 3 aromatic rings. The largest absolute Gasteiger partial charge is 0.493 e. The summed E-state index contributed by atoms with van der Waals surface area (Å²) in [6.07, 6.45) is 3.44. The zero-order valence-corrected chi connectivity index (χ0v) is 17.6. The van der Waals surface area contributed by atoms with Crippen LogP contribution in [0.25, 0.3) is 10.6 Å². The predicted octanol–water partition coefficient (Wildman–Crippen LogP) is 2.36. The molecular formula is C19H20N4O6S. The molecule has 2 heterocycles. The van der Waals surface area contributed by atoms with Crippen molar-refractivity contribution in [2.75, 3.05) is 33.3 Å². The van der Waals surface area contributed by atoms with Crippen LogP contribution in [0, 0.1) is 0 Å². The monoisotopic (exact) mass is 432 g/mol. The summed E-state index contributed by atoms with van der Waals surface area (Å²) in [6.45, 7) is -0.477. The lowest BCUT2D eigenvalue weighted by atomic mass is 10.2. The van der Waals surface area contributed by atoms with Gasteiger partial charge in [-0.25, -0.2) is 9.78 Å². The van der Waals surface area contributed by atoms with Crippen LogP contribution < -0.4 is 19.5 Å². The van der Waals surface area contributed by atoms with E-state index in [-0.39, 0.29) is 5.69 Å². The second-order valence-corrected chi connectivity index (χ2v) is 6.84. The summed E-state index contributed by atoms with van der Waals surface area (Å²) in [5, 5.41) is 8.90. The number of aromatic nitrogens is 3. The van der Waals surface area contributed by atoms with E-state index in [9.17, 15) is 9.59 Å². The van der Waals surface area contributed by atoms with Crippen LogP contribution in [-0.4, -0.2) is 54.6 Å². The molecule has 11 heteroatoms. The third kappa shape index (κ3) is 4.69. The lowest BCUT2D eigenvalue weighted by Crippen LogP contribution is -2.21. The van der Waals surface area contributed by atoms with Crippen LogP contribution in [0.2, 0.25) is 0 Å². The summed E-state index contributed by atoms with van der Waals surface area (Å²) < 4.78 is 22.4. The molecule has 30 heavy (non-hydrogen) atoms. The fourth-order valence-electron chi connectivity index (χ4n) is 2.59. The Kier molecular flexibility index (Phi) is 6.52. The smallest absolute Gasteiger partial charge is 0.358 e. The van der Waals surface area contributed by atoms with Crippen molar-refractivity contribution in [3.8, 4) is 27.8 Å². The van der Waals surface area contributed by atoms with Crippen LogP contribution in [0.1, 0.15) is 10.5 Å². The number of rotatable bonds is 8. The number of esters is 1. The second-order valence-electron chi connectivity index (χ2n) is 5.98. The molecule has 0 fully saturated rings. The molecule has 0 aliphatic carbocycles. The number of methoxy groups -OCH3 is 3. The van der Waals surface area contributed by atoms with Gasteiger partial charge in [0.25, 0.3) is 5.91 Å². The van der Waals surface area contributed by atoms with Crippen LogP contribution in [0.5, 0.6) is 17.2 Å². The van der Waals surface area contributed by atoms with Crippen LogP contribution >= 0.6 is 11.3 Å². The first-order valence-electron chi connectivity index (χ1n) is 8.66. The Morgan fingerprint density at radius 1 is 1.13 bits per heavy atom. The molecular weight excluding hydrogens is 412 g/mol.